The van der Waals surface area contributed by atoms with Crippen LogP contribution in [0.3, 0.4) is 0 Å². The van der Waals surface area contributed by atoms with Gasteiger partial charge in [0.25, 0.3) is 5.91 Å². The second kappa shape index (κ2) is 13.0. The molecule has 0 aliphatic rings. The number of nitrogens with one attached hydrogen (secondary N) is 3. The van der Waals surface area contributed by atoms with E-state index in [4.69, 9.17) is 21.9 Å². The van der Waals surface area contributed by atoms with Crippen molar-refractivity contribution < 1.29 is 4.79 Å². The van der Waals surface area contributed by atoms with Crippen LogP contribution in [0.1, 0.15) is 64.7 Å². The van der Waals surface area contributed by atoms with Crippen LogP contribution in [-0.4, -0.2) is 22.8 Å². The Kier molecular flexibility index (Phi) is 9.69. The maximum Gasteiger partial charge on any atom is 0.269 e. The normalized spacial score (nSPS) is 14.2. The van der Waals surface area contributed by atoms with Crippen molar-refractivity contribution in [1.29, 1.82) is 10.7 Å². The van der Waals surface area contributed by atoms with Crippen molar-refractivity contribution in [1.82, 2.24) is 4.98 Å². The molecule has 0 spiro atoms. The Morgan fingerprint density at radius 3 is 2.51 bits per heavy atom. The maximum absolute atomic E-state index is 12.9. The summed E-state index contributed by atoms with van der Waals surface area (Å²) < 4.78 is 0. The lowest BCUT2D eigenvalue weighted by molar-refractivity contribution is -0.113. The van der Waals surface area contributed by atoms with Gasteiger partial charge in [0, 0.05) is 56.2 Å². The Bertz CT molecular complexity index is 1770. The zero-order chi connectivity index (χ0) is 30.4. The molecule has 0 saturated heterocycles. The van der Waals surface area contributed by atoms with Gasteiger partial charge in [-0.1, -0.05) is 30.2 Å². The average Bonchev–Trinajstić information content (AvgIpc) is 3.29. The predicted octanol–water partition coefficient (Wildman–Crippen LogP) is 5.16. The molecule has 8 nitrogen and oxygen atoms in total. The lowest BCUT2D eigenvalue weighted by Gasteiger charge is -2.15. The number of hydrogen-bond donors (Lipinski definition) is 5. The fourth-order valence-corrected chi connectivity index (χ4v) is 4.71. The summed E-state index contributed by atoms with van der Waals surface area (Å²) in [5.74, 6) is -0.968. The third kappa shape index (κ3) is 6.82. The molecule has 1 aromatic heterocycles. The number of primary amides is 1. The van der Waals surface area contributed by atoms with Crippen LogP contribution < -0.4 is 27.4 Å². The Labute approximate surface area is 241 Å². The number of hydrogen-bond acceptors (Lipinski definition) is 6. The summed E-state index contributed by atoms with van der Waals surface area (Å²) in [6.07, 6.45) is 5.81. The molecule has 1 amide bonds. The molecule has 1 heterocycles. The van der Waals surface area contributed by atoms with Gasteiger partial charge in [-0.05, 0) is 83.9 Å². The lowest BCUT2D eigenvalue weighted by Crippen LogP contribution is -2.32. The van der Waals surface area contributed by atoms with Gasteiger partial charge in [-0.25, -0.2) is 4.99 Å². The Hall–Kier alpha value is -4.90. The topological polar surface area (TPSA) is 157 Å². The number of aromatic amines is 1. The minimum absolute atomic E-state index is 0.0840. The molecule has 2 aromatic carbocycles. The molecule has 8 heteroatoms. The summed E-state index contributed by atoms with van der Waals surface area (Å²) in [6.45, 7) is 13.7. The second-order valence-corrected chi connectivity index (χ2v) is 10.5. The van der Waals surface area contributed by atoms with Gasteiger partial charge in [0.1, 0.15) is 0 Å². The van der Waals surface area contributed by atoms with E-state index in [1.165, 1.54) is 6.21 Å². The number of nitrogens with zero attached hydrogens (tertiary/aromatic N) is 2. The van der Waals surface area contributed by atoms with E-state index in [0.29, 0.717) is 28.7 Å². The summed E-state index contributed by atoms with van der Waals surface area (Å²) in [7, 11) is 0. The van der Waals surface area contributed by atoms with E-state index in [9.17, 15) is 10.1 Å². The van der Waals surface area contributed by atoms with Crippen LogP contribution in [-0.2, 0) is 4.79 Å². The van der Waals surface area contributed by atoms with Crippen LogP contribution in [0.5, 0.6) is 0 Å². The third-order valence-electron chi connectivity index (χ3n) is 6.81. The second-order valence-electron chi connectivity index (χ2n) is 10.5. The zero-order valence-corrected chi connectivity index (χ0v) is 24.9. The number of nitrogen functional groups attached to an aromatic ring is 1. The number of fused-ring (bicyclic) bond motifs is 1. The zero-order valence-electron chi connectivity index (χ0n) is 24.9. The number of anilines is 2. The van der Waals surface area contributed by atoms with Gasteiger partial charge in [-0.3, -0.25) is 4.79 Å². The van der Waals surface area contributed by atoms with Gasteiger partial charge in [0.05, 0.1) is 17.3 Å². The SMILES string of the molecule is CC/C(C)=c1/c(=C(\N=C(C)c2ccc(C)cc2N/C(C=C(C)C)=C/C(C)C#N)C(N)=O)[nH]c2ccc(N)c(C=N)c12. The predicted molar refractivity (Wildman–Crippen MR) is 171 cm³/mol. The third-order valence-corrected chi connectivity index (χ3v) is 6.81. The van der Waals surface area contributed by atoms with Crippen LogP contribution in [0.25, 0.3) is 22.2 Å². The summed E-state index contributed by atoms with van der Waals surface area (Å²) in [6, 6.07) is 11.8. The fraction of sp³-hybridized carbons (Fsp3) is 0.273. The molecule has 3 rings (SSSR count). The number of allylic oxidation sites excluding steroid dienone is 3. The van der Waals surface area contributed by atoms with Crippen molar-refractivity contribution in [3.63, 3.8) is 0 Å². The molecule has 3 aromatic rings. The highest BCUT2D eigenvalue weighted by Gasteiger charge is 2.16. The molecule has 41 heavy (non-hydrogen) atoms. The molecule has 0 radical (unpaired) electrons. The summed E-state index contributed by atoms with van der Waals surface area (Å²) in [5, 5.41) is 22.9. The molecule has 0 saturated carbocycles. The first-order valence-electron chi connectivity index (χ1n) is 13.6. The van der Waals surface area contributed by atoms with E-state index in [2.05, 4.69) is 16.4 Å². The first-order valence-corrected chi connectivity index (χ1v) is 13.6. The quantitative estimate of drug-likeness (QED) is 0.142. The highest BCUT2D eigenvalue weighted by Crippen LogP contribution is 2.23. The van der Waals surface area contributed by atoms with Crippen molar-refractivity contribution in [2.45, 2.75) is 54.9 Å². The van der Waals surface area contributed by atoms with E-state index >= 15 is 0 Å². The highest BCUT2D eigenvalue weighted by molar-refractivity contribution is 6.17. The van der Waals surface area contributed by atoms with Crippen LogP contribution >= 0.6 is 0 Å². The van der Waals surface area contributed by atoms with Crippen LogP contribution in [0.2, 0.25) is 0 Å². The fourth-order valence-electron chi connectivity index (χ4n) is 4.71. The van der Waals surface area contributed by atoms with Gasteiger partial charge >= 0.3 is 0 Å². The van der Waals surface area contributed by atoms with E-state index in [1.807, 2.05) is 84.9 Å². The minimum Gasteiger partial charge on any atom is -0.398 e. The van der Waals surface area contributed by atoms with Gasteiger partial charge in [-0.15, -0.1) is 0 Å². The Morgan fingerprint density at radius 1 is 1.22 bits per heavy atom. The van der Waals surface area contributed by atoms with Crippen molar-refractivity contribution in [3.05, 3.63) is 81.0 Å². The average molecular weight is 550 g/mol. The van der Waals surface area contributed by atoms with Gasteiger partial charge < -0.3 is 27.2 Å². The standard InChI is InChI=1S/C33H39N7O/c1-8-21(6)29-30-25(17-35)26(36)11-12-27(30)40-31(29)32(33(37)41)38-22(7)24-10-9-19(4)15-28(24)39-23(13-18(2)3)14-20(5)16-34/h9-15,17,20,35,39-40H,8,36H2,1-7H3,(H2,37,41)/b23-14+,29-21+,32-31+,35-17?,38-22?. The maximum atomic E-state index is 12.9. The molecule has 7 N–H and O–H groups in total. The number of nitrogens with two attached hydrogens (primary N) is 2. The Balaban J connectivity index is 2.37. The summed E-state index contributed by atoms with van der Waals surface area (Å²) in [4.78, 5) is 21.1. The molecule has 0 aliphatic carbocycles. The van der Waals surface area contributed by atoms with E-state index in [0.717, 1.165) is 49.8 Å². The largest absolute Gasteiger partial charge is 0.398 e. The first-order chi connectivity index (χ1) is 19.4. The number of aryl methyl sites for hydroxylation is 1. The van der Waals surface area contributed by atoms with Crippen molar-refractivity contribution >= 4 is 51.4 Å². The molecule has 0 fully saturated rings. The van der Waals surface area contributed by atoms with E-state index in [1.54, 1.807) is 6.07 Å². The van der Waals surface area contributed by atoms with E-state index in [-0.39, 0.29) is 11.6 Å². The van der Waals surface area contributed by atoms with E-state index < -0.39 is 5.91 Å². The summed E-state index contributed by atoms with van der Waals surface area (Å²) in [5.41, 5.74) is 20.1. The number of carbonyl (C=O) groups excluding carboxylic acids is 1. The monoisotopic (exact) mass is 549 g/mol. The number of rotatable bonds is 9. The number of nitriles is 1. The molecule has 0 bridgehead atoms. The molecule has 0 aliphatic heterocycles. The molecular formula is C33H39N7O. The van der Waals surface area contributed by atoms with Gasteiger partial charge in [0.2, 0.25) is 0 Å². The molecule has 1 unspecified atom stereocenters. The van der Waals surface area contributed by atoms with Crippen LogP contribution in [0.15, 0.2) is 58.7 Å². The molecule has 1 atom stereocenters. The lowest BCUT2D eigenvalue weighted by atomic mass is 10.0. The highest BCUT2D eigenvalue weighted by atomic mass is 16.1. The van der Waals surface area contributed by atoms with Crippen LogP contribution in [0, 0.1) is 29.6 Å². The summed E-state index contributed by atoms with van der Waals surface area (Å²) >= 11 is 0. The van der Waals surface area contributed by atoms with Gasteiger partial charge in [0.15, 0.2) is 5.70 Å². The number of benzene rings is 2. The first kappa shape index (κ1) is 30.6. The number of aliphatic imine (C=N–C) groups is 1. The van der Waals surface area contributed by atoms with Crippen molar-refractivity contribution in [2.75, 3.05) is 11.1 Å². The molecular weight excluding hydrogens is 510 g/mol. The smallest absolute Gasteiger partial charge is 0.269 e. The Morgan fingerprint density at radius 2 is 1.93 bits per heavy atom. The van der Waals surface area contributed by atoms with Crippen molar-refractivity contribution in [2.24, 2.45) is 16.6 Å². The van der Waals surface area contributed by atoms with Crippen molar-refractivity contribution in [3.8, 4) is 6.07 Å². The number of carbonyl (C=O) groups is 1. The number of amides is 1. The van der Waals surface area contributed by atoms with Gasteiger partial charge in [-0.2, -0.15) is 5.26 Å². The minimum atomic E-state index is -0.681. The number of H-pyrrole nitrogens is 1. The molecule has 212 valence electrons. The van der Waals surface area contributed by atoms with Crippen LogP contribution in [0.4, 0.5) is 11.4 Å². The number of aromatic nitrogens is 1.